The lowest BCUT2D eigenvalue weighted by Gasteiger charge is -2.34. The van der Waals surface area contributed by atoms with Gasteiger partial charge in [-0.15, -0.1) is 0 Å². The van der Waals surface area contributed by atoms with Gasteiger partial charge in [0.15, 0.2) is 0 Å². The number of carbonyl (C=O) groups is 1. The van der Waals surface area contributed by atoms with Gasteiger partial charge in [-0.25, -0.2) is 19.6 Å². The van der Waals surface area contributed by atoms with E-state index in [0.29, 0.717) is 41.4 Å². The summed E-state index contributed by atoms with van der Waals surface area (Å²) < 4.78 is 30.1. The average Bonchev–Trinajstić information content (AvgIpc) is 2.75. The average molecular weight is 413 g/mol. The Bertz CT molecular complexity index is 1150. The normalized spacial score (nSPS) is 14.9. The second-order valence-electron chi connectivity index (χ2n) is 7.31. The van der Waals surface area contributed by atoms with Gasteiger partial charge in [-0.3, -0.25) is 9.59 Å². The van der Waals surface area contributed by atoms with E-state index in [1.807, 2.05) is 11.9 Å². The Labute approximate surface area is 171 Å². The van der Waals surface area contributed by atoms with Gasteiger partial charge in [0.1, 0.15) is 17.3 Å². The molecule has 1 amide bonds. The monoisotopic (exact) mass is 413 g/mol. The molecule has 0 saturated carbocycles. The Morgan fingerprint density at radius 2 is 1.73 bits per heavy atom. The highest BCUT2D eigenvalue weighted by Crippen LogP contribution is 2.28. The number of aromatic nitrogens is 1. The first-order valence-electron chi connectivity index (χ1n) is 9.46. The fourth-order valence-corrected chi connectivity index (χ4v) is 3.67. The van der Waals surface area contributed by atoms with Crippen LogP contribution in [0, 0.1) is 11.6 Å². The molecule has 0 aliphatic carbocycles. The number of amides is 1. The molecule has 30 heavy (non-hydrogen) atoms. The molecule has 3 aromatic rings. The van der Waals surface area contributed by atoms with Crippen molar-refractivity contribution in [2.24, 2.45) is 5.84 Å². The molecule has 1 aliphatic heterocycles. The molecule has 0 unspecified atom stereocenters. The van der Waals surface area contributed by atoms with Crippen molar-refractivity contribution in [1.82, 2.24) is 9.47 Å². The molecule has 1 aromatic heterocycles. The summed E-state index contributed by atoms with van der Waals surface area (Å²) in [7, 11) is 2.01. The summed E-state index contributed by atoms with van der Waals surface area (Å²) in [6.45, 7) is 2.89. The number of nitrogens with zero attached hydrogens (tertiary/aromatic N) is 4. The molecule has 4 rings (SSSR count). The quantitative estimate of drug-likeness (QED) is 0.306. The van der Waals surface area contributed by atoms with Crippen molar-refractivity contribution in [3.63, 3.8) is 0 Å². The van der Waals surface area contributed by atoms with Gasteiger partial charge in [0, 0.05) is 38.1 Å². The highest BCUT2D eigenvalue weighted by molar-refractivity contribution is 5.89. The maximum atomic E-state index is 15.0. The summed E-state index contributed by atoms with van der Waals surface area (Å²) >= 11 is 0. The second kappa shape index (κ2) is 7.85. The highest BCUT2D eigenvalue weighted by Gasteiger charge is 2.21. The van der Waals surface area contributed by atoms with E-state index in [-0.39, 0.29) is 11.1 Å². The first-order chi connectivity index (χ1) is 14.4. The van der Waals surface area contributed by atoms with Crippen LogP contribution in [-0.4, -0.2) is 49.1 Å². The number of rotatable bonds is 4. The summed E-state index contributed by atoms with van der Waals surface area (Å²) in [5.74, 6) is 4.70. The van der Waals surface area contributed by atoms with Crippen molar-refractivity contribution in [3.8, 4) is 5.69 Å². The van der Waals surface area contributed by atoms with E-state index < -0.39 is 17.1 Å². The van der Waals surface area contributed by atoms with Crippen molar-refractivity contribution in [3.05, 3.63) is 64.5 Å². The van der Waals surface area contributed by atoms with E-state index >= 15 is 4.39 Å². The van der Waals surface area contributed by atoms with Crippen LogP contribution >= 0.6 is 0 Å². The number of pyridine rings is 1. The van der Waals surface area contributed by atoms with Crippen LogP contribution in [0.1, 0.15) is 0 Å². The molecular weight excluding hydrogens is 392 g/mol. The van der Waals surface area contributed by atoms with Crippen LogP contribution in [0.2, 0.25) is 0 Å². The zero-order valence-corrected chi connectivity index (χ0v) is 16.4. The van der Waals surface area contributed by atoms with Gasteiger partial charge in [0.05, 0.1) is 16.6 Å². The highest BCUT2D eigenvalue weighted by atomic mass is 19.1. The Hall–Kier alpha value is -3.30. The Balaban J connectivity index is 1.97. The third kappa shape index (κ3) is 3.53. The lowest BCUT2D eigenvalue weighted by atomic mass is 10.1. The Morgan fingerprint density at radius 1 is 1.07 bits per heavy atom. The number of anilines is 2. The smallest absolute Gasteiger partial charge is 0.228 e. The number of fused-ring (bicyclic) bond motifs is 1. The number of likely N-dealkylation sites (N-methyl/N-ethyl adjacent to an activating group) is 1. The summed E-state index contributed by atoms with van der Waals surface area (Å²) in [6, 6.07) is 8.42. The largest absolute Gasteiger partial charge is 0.367 e. The van der Waals surface area contributed by atoms with Gasteiger partial charge in [-0.2, -0.15) is 0 Å². The first-order valence-corrected chi connectivity index (χ1v) is 9.46. The van der Waals surface area contributed by atoms with Gasteiger partial charge in [-0.05, 0) is 43.4 Å². The van der Waals surface area contributed by atoms with Crippen molar-refractivity contribution < 1.29 is 13.6 Å². The number of hydrogen-bond donors (Lipinski definition) is 1. The molecule has 2 heterocycles. The first kappa shape index (κ1) is 20.0. The molecule has 7 nitrogen and oxygen atoms in total. The van der Waals surface area contributed by atoms with E-state index in [1.165, 1.54) is 36.5 Å². The number of piperazine rings is 1. The van der Waals surface area contributed by atoms with Crippen LogP contribution in [-0.2, 0) is 4.79 Å². The number of halogens is 2. The molecule has 1 aliphatic rings. The summed E-state index contributed by atoms with van der Waals surface area (Å²) in [4.78, 5) is 28.2. The molecule has 156 valence electrons. The summed E-state index contributed by atoms with van der Waals surface area (Å²) in [5.41, 5.74) is 0.678. The van der Waals surface area contributed by atoms with E-state index in [2.05, 4.69) is 4.90 Å². The third-order valence-corrected chi connectivity index (χ3v) is 5.39. The second-order valence-corrected chi connectivity index (χ2v) is 7.31. The fraction of sp³-hybridized carbons (Fsp3) is 0.238. The molecular formula is C21H21F2N5O2. The van der Waals surface area contributed by atoms with E-state index in [0.717, 1.165) is 13.1 Å². The Kier molecular flexibility index (Phi) is 5.23. The molecule has 9 heteroatoms. The minimum Gasteiger partial charge on any atom is -0.367 e. The third-order valence-electron chi connectivity index (χ3n) is 5.39. The van der Waals surface area contributed by atoms with Crippen molar-refractivity contribution in [2.45, 2.75) is 0 Å². The molecule has 0 atom stereocenters. The SMILES string of the molecule is CN1CCN(c2cc3c(cc2F)c(=O)c(N(N)C=O)cn3-c2ccc(F)cc2)CC1. The predicted molar refractivity (Wildman–Crippen MR) is 112 cm³/mol. The molecule has 0 spiro atoms. The zero-order valence-electron chi connectivity index (χ0n) is 16.4. The molecule has 2 N–H and O–H groups in total. The molecule has 0 bridgehead atoms. The van der Waals surface area contributed by atoms with Crippen LogP contribution in [0.4, 0.5) is 20.2 Å². The molecule has 2 aromatic carbocycles. The van der Waals surface area contributed by atoms with Crippen LogP contribution in [0.25, 0.3) is 16.6 Å². The predicted octanol–water partition coefficient (Wildman–Crippen LogP) is 1.86. The minimum atomic E-state index is -0.568. The van der Waals surface area contributed by atoms with E-state index in [4.69, 9.17) is 5.84 Å². The lowest BCUT2D eigenvalue weighted by molar-refractivity contribution is -0.107. The van der Waals surface area contributed by atoms with Gasteiger partial charge in [0.25, 0.3) is 0 Å². The fourth-order valence-electron chi connectivity index (χ4n) is 3.67. The van der Waals surface area contributed by atoms with Gasteiger partial charge in [0.2, 0.25) is 11.8 Å². The standard InChI is InChI=1S/C21H21F2N5O2/c1-25-6-8-26(9-7-25)19-11-18-16(10-17(19)23)21(30)20(28(24)13-29)12-27(18)15-4-2-14(22)3-5-15/h2-5,10-13H,6-9,24H2,1H3. The van der Waals surface area contributed by atoms with Crippen molar-refractivity contribution in [1.29, 1.82) is 0 Å². The topological polar surface area (TPSA) is 74.8 Å². The summed E-state index contributed by atoms with van der Waals surface area (Å²) in [5, 5.41) is 0.721. The van der Waals surface area contributed by atoms with Gasteiger partial charge in [-0.1, -0.05) is 0 Å². The number of nitrogens with two attached hydrogens (primary N) is 1. The Morgan fingerprint density at radius 3 is 2.37 bits per heavy atom. The van der Waals surface area contributed by atoms with Crippen LogP contribution in [0.5, 0.6) is 0 Å². The van der Waals surface area contributed by atoms with Crippen molar-refractivity contribution in [2.75, 3.05) is 43.1 Å². The number of hydrazine groups is 1. The lowest BCUT2D eigenvalue weighted by Crippen LogP contribution is -2.44. The number of hydrogen-bond acceptors (Lipinski definition) is 5. The maximum absolute atomic E-state index is 15.0. The maximum Gasteiger partial charge on any atom is 0.228 e. The van der Waals surface area contributed by atoms with Crippen LogP contribution < -0.4 is 21.2 Å². The van der Waals surface area contributed by atoms with E-state index in [9.17, 15) is 14.0 Å². The number of benzene rings is 2. The molecule has 1 fully saturated rings. The van der Waals surface area contributed by atoms with Crippen LogP contribution in [0.3, 0.4) is 0 Å². The minimum absolute atomic E-state index is 0.0736. The van der Waals surface area contributed by atoms with Crippen LogP contribution in [0.15, 0.2) is 47.4 Å². The van der Waals surface area contributed by atoms with Gasteiger partial charge >= 0.3 is 0 Å². The molecule has 1 saturated heterocycles. The number of carbonyl (C=O) groups excluding carboxylic acids is 1. The van der Waals surface area contributed by atoms with Crippen molar-refractivity contribution >= 4 is 28.7 Å². The van der Waals surface area contributed by atoms with Gasteiger partial charge < -0.3 is 14.4 Å². The summed E-state index contributed by atoms with van der Waals surface area (Å²) in [6.07, 6.45) is 1.70. The molecule has 0 radical (unpaired) electrons. The zero-order chi connectivity index (χ0) is 21.4. The van der Waals surface area contributed by atoms with E-state index in [1.54, 1.807) is 10.6 Å².